The Morgan fingerprint density at radius 2 is 2.47 bits per heavy atom. The topological polar surface area (TPSA) is 59.3 Å². The van der Waals surface area contributed by atoms with Crippen molar-refractivity contribution < 1.29 is 4.92 Å². The van der Waals surface area contributed by atoms with E-state index in [4.69, 9.17) is 0 Å². The molecule has 0 N–H and O–H groups in total. The molecule has 1 aliphatic rings. The van der Waals surface area contributed by atoms with Crippen LogP contribution in [0.5, 0.6) is 0 Å². The van der Waals surface area contributed by atoms with E-state index in [1.165, 1.54) is 6.07 Å². The number of aromatic nitrogens is 1. The molecule has 1 fully saturated rings. The Balaban J connectivity index is 2.33. The third-order valence-corrected chi connectivity index (χ3v) is 4.38. The largest absolute Gasteiger partial charge is 0.350 e. The Kier molecular flexibility index (Phi) is 3.88. The first-order valence-corrected chi connectivity index (χ1v) is 7.15. The number of nitro groups is 1. The summed E-state index contributed by atoms with van der Waals surface area (Å²) < 4.78 is 0.627. The maximum atomic E-state index is 11.0. The molecular formula is C10H12BrN3O2S. The fraction of sp³-hybridized carbons (Fsp3) is 0.500. The van der Waals surface area contributed by atoms with Gasteiger partial charge in [0.05, 0.1) is 4.92 Å². The van der Waals surface area contributed by atoms with Crippen molar-refractivity contribution in [3.05, 3.63) is 26.9 Å². The third-order valence-electron chi connectivity index (χ3n) is 2.80. The van der Waals surface area contributed by atoms with Gasteiger partial charge < -0.3 is 4.90 Å². The van der Waals surface area contributed by atoms with Crippen LogP contribution < -0.4 is 4.90 Å². The Hall–Kier alpha value is -0.820. The quantitative estimate of drug-likeness (QED) is 0.633. The van der Waals surface area contributed by atoms with Gasteiger partial charge in [-0.15, -0.1) is 0 Å². The zero-order valence-corrected chi connectivity index (χ0v) is 11.7. The van der Waals surface area contributed by atoms with Crippen LogP contribution in [-0.2, 0) is 0 Å². The minimum absolute atomic E-state index is 0.0544. The minimum atomic E-state index is -0.383. The number of thioether (sulfide) groups is 1. The third kappa shape index (κ3) is 2.71. The van der Waals surface area contributed by atoms with Gasteiger partial charge in [0, 0.05) is 35.6 Å². The molecule has 0 bridgehead atoms. The van der Waals surface area contributed by atoms with Crippen LogP contribution >= 0.6 is 27.7 Å². The van der Waals surface area contributed by atoms with Gasteiger partial charge in [-0.1, -0.05) is 0 Å². The van der Waals surface area contributed by atoms with Crippen LogP contribution in [0.2, 0.25) is 0 Å². The highest BCUT2D eigenvalue weighted by Gasteiger charge is 2.26. The van der Waals surface area contributed by atoms with Crippen LogP contribution in [0.4, 0.5) is 11.5 Å². The lowest BCUT2D eigenvalue weighted by atomic mass is 10.2. The van der Waals surface area contributed by atoms with E-state index in [1.54, 1.807) is 6.20 Å². The lowest BCUT2D eigenvalue weighted by Gasteiger charge is -2.24. The van der Waals surface area contributed by atoms with E-state index in [1.807, 2.05) is 23.7 Å². The van der Waals surface area contributed by atoms with Gasteiger partial charge in [0.15, 0.2) is 0 Å². The number of hydrogen-bond donors (Lipinski definition) is 0. The first-order chi connectivity index (χ1) is 8.09. The first-order valence-electron chi connectivity index (χ1n) is 5.20. The van der Waals surface area contributed by atoms with Gasteiger partial charge in [0.2, 0.25) is 5.82 Å². The maximum absolute atomic E-state index is 11.0. The molecule has 1 atom stereocenters. The van der Waals surface area contributed by atoms with E-state index in [-0.39, 0.29) is 10.6 Å². The fourth-order valence-electron chi connectivity index (χ4n) is 1.83. The van der Waals surface area contributed by atoms with Crippen molar-refractivity contribution >= 4 is 39.2 Å². The van der Waals surface area contributed by atoms with Crippen LogP contribution in [0.1, 0.15) is 6.42 Å². The first kappa shape index (κ1) is 12.6. The average molecular weight is 318 g/mol. The number of rotatable bonds is 3. The molecule has 2 heterocycles. The van der Waals surface area contributed by atoms with E-state index in [0.717, 1.165) is 17.9 Å². The van der Waals surface area contributed by atoms with Gasteiger partial charge in [-0.2, -0.15) is 11.8 Å². The molecule has 0 aliphatic carbocycles. The van der Waals surface area contributed by atoms with E-state index in [2.05, 4.69) is 20.9 Å². The lowest BCUT2D eigenvalue weighted by molar-refractivity contribution is -0.384. The molecule has 1 aliphatic heterocycles. The highest BCUT2D eigenvalue weighted by Crippen LogP contribution is 2.32. The van der Waals surface area contributed by atoms with Crippen LogP contribution in [-0.4, -0.2) is 34.5 Å². The van der Waals surface area contributed by atoms with Crippen molar-refractivity contribution in [2.75, 3.05) is 23.5 Å². The zero-order chi connectivity index (χ0) is 12.4. The Morgan fingerprint density at radius 1 is 1.71 bits per heavy atom. The molecule has 2 rings (SSSR count). The zero-order valence-electron chi connectivity index (χ0n) is 9.30. The van der Waals surface area contributed by atoms with Gasteiger partial charge in [-0.3, -0.25) is 10.1 Å². The molecule has 1 saturated heterocycles. The van der Waals surface area contributed by atoms with E-state index < -0.39 is 0 Å². The van der Waals surface area contributed by atoms with Gasteiger partial charge in [-0.25, -0.2) is 4.98 Å². The van der Waals surface area contributed by atoms with Crippen LogP contribution in [0, 0.1) is 10.1 Å². The highest BCUT2D eigenvalue weighted by molar-refractivity contribution is 9.10. The monoisotopic (exact) mass is 317 g/mol. The van der Waals surface area contributed by atoms with Crippen molar-refractivity contribution in [1.82, 2.24) is 4.98 Å². The summed E-state index contributed by atoms with van der Waals surface area (Å²) >= 11 is 5.08. The van der Waals surface area contributed by atoms with Gasteiger partial charge in [0.25, 0.3) is 0 Å². The number of hydrogen-bond acceptors (Lipinski definition) is 5. The average Bonchev–Trinajstić information content (AvgIpc) is 2.81. The van der Waals surface area contributed by atoms with E-state index in [9.17, 15) is 10.1 Å². The summed E-state index contributed by atoms with van der Waals surface area (Å²) in [6.07, 6.45) is 2.65. The van der Waals surface area contributed by atoms with Gasteiger partial charge >= 0.3 is 5.69 Å². The second-order valence-electron chi connectivity index (χ2n) is 3.88. The summed E-state index contributed by atoms with van der Waals surface area (Å²) in [5.74, 6) is 2.57. The second kappa shape index (κ2) is 5.22. The molecule has 5 nitrogen and oxygen atoms in total. The van der Waals surface area contributed by atoms with Crippen molar-refractivity contribution in [3.63, 3.8) is 0 Å². The van der Waals surface area contributed by atoms with Crippen LogP contribution in [0.25, 0.3) is 0 Å². The molecule has 1 aromatic heterocycles. The fourth-order valence-corrected chi connectivity index (χ4v) is 3.41. The molecule has 92 valence electrons. The maximum Gasteiger partial charge on any atom is 0.312 e. The van der Waals surface area contributed by atoms with Crippen molar-refractivity contribution in [3.8, 4) is 0 Å². The summed E-state index contributed by atoms with van der Waals surface area (Å²) in [5, 5.41) is 11.0. The summed E-state index contributed by atoms with van der Waals surface area (Å²) in [6, 6.07) is 1.84. The molecule has 0 aromatic carbocycles. The standard InChI is InChI=1S/C10H12BrN3O2S/c1-13(8-2-3-17-6-8)10-9(14(15)16)4-7(11)5-12-10/h4-5,8H,2-3,6H2,1H3. The SMILES string of the molecule is CN(c1ncc(Br)cc1[N+](=O)[O-])C1CCSC1. The molecule has 1 unspecified atom stereocenters. The number of pyridine rings is 1. The van der Waals surface area contributed by atoms with E-state index in [0.29, 0.717) is 16.3 Å². The van der Waals surface area contributed by atoms with Crippen LogP contribution in [0.3, 0.4) is 0 Å². The molecular weight excluding hydrogens is 306 g/mol. The predicted octanol–water partition coefficient (Wildman–Crippen LogP) is 2.69. The molecule has 0 radical (unpaired) electrons. The minimum Gasteiger partial charge on any atom is -0.350 e. The Labute approximate surface area is 112 Å². The Bertz CT molecular complexity index is 438. The molecule has 0 amide bonds. The number of nitrogens with zero attached hydrogens (tertiary/aromatic N) is 3. The normalized spacial score (nSPS) is 19.3. The highest BCUT2D eigenvalue weighted by atomic mass is 79.9. The van der Waals surface area contributed by atoms with E-state index >= 15 is 0 Å². The molecule has 7 heteroatoms. The van der Waals surface area contributed by atoms with Gasteiger partial charge in [0.1, 0.15) is 0 Å². The number of anilines is 1. The summed E-state index contributed by atoms with van der Waals surface area (Å²) in [4.78, 5) is 16.7. The summed E-state index contributed by atoms with van der Waals surface area (Å²) in [6.45, 7) is 0. The predicted molar refractivity (Wildman–Crippen MR) is 72.7 cm³/mol. The number of halogens is 1. The van der Waals surface area contributed by atoms with Crippen molar-refractivity contribution in [2.45, 2.75) is 12.5 Å². The van der Waals surface area contributed by atoms with Crippen molar-refractivity contribution in [1.29, 1.82) is 0 Å². The second-order valence-corrected chi connectivity index (χ2v) is 5.95. The molecule has 1 aromatic rings. The lowest BCUT2D eigenvalue weighted by Crippen LogP contribution is -2.32. The smallest absolute Gasteiger partial charge is 0.312 e. The Morgan fingerprint density at radius 3 is 3.06 bits per heavy atom. The summed E-state index contributed by atoms with van der Waals surface area (Å²) in [7, 11) is 1.87. The van der Waals surface area contributed by atoms with Gasteiger partial charge in [-0.05, 0) is 28.1 Å². The van der Waals surface area contributed by atoms with Crippen molar-refractivity contribution in [2.24, 2.45) is 0 Å². The summed E-state index contributed by atoms with van der Waals surface area (Å²) in [5.41, 5.74) is 0.0544. The molecule has 0 saturated carbocycles. The molecule has 17 heavy (non-hydrogen) atoms. The molecule has 0 spiro atoms. The van der Waals surface area contributed by atoms with Crippen LogP contribution in [0.15, 0.2) is 16.7 Å².